The molecule has 2 aromatic rings. The average molecular weight is 409 g/mol. The van der Waals surface area contributed by atoms with Crippen LogP contribution in [-0.2, 0) is 4.79 Å². The van der Waals surface area contributed by atoms with Crippen molar-refractivity contribution in [3.8, 4) is 5.75 Å². The molecule has 2 saturated heterocycles. The van der Waals surface area contributed by atoms with Crippen LogP contribution in [0.15, 0.2) is 24.4 Å². The van der Waals surface area contributed by atoms with Gasteiger partial charge in [-0.25, -0.2) is 0 Å². The molecule has 3 unspecified atom stereocenters. The van der Waals surface area contributed by atoms with Crippen molar-refractivity contribution in [2.24, 2.45) is 5.41 Å². The van der Waals surface area contributed by atoms with Gasteiger partial charge in [-0.2, -0.15) is 0 Å². The number of benzene rings is 1. The Kier molecular flexibility index (Phi) is 3.91. The molecule has 7 rings (SSSR count). The first-order valence-electron chi connectivity index (χ1n) is 11.6. The Morgan fingerprint density at radius 2 is 2.00 bits per heavy atom. The Morgan fingerprint density at radius 1 is 1.27 bits per heavy atom. The van der Waals surface area contributed by atoms with E-state index < -0.39 is 5.60 Å². The number of nitrogens with zero attached hydrogens (tertiary/aromatic N) is 1. The minimum absolute atomic E-state index is 0.117. The van der Waals surface area contributed by atoms with Crippen LogP contribution < -0.4 is 4.74 Å². The molecule has 3 saturated carbocycles. The molecule has 30 heavy (non-hydrogen) atoms. The van der Waals surface area contributed by atoms with Gasteiger partial charge >= 0.3 is 0 Å². The standard InChI is InChI=1S/C25H32N2O3/c1-15(19-13-26-20-4-3-5-21(23(19)20)30-18-6-7-18)8-22(28)27-16-9-24(2)10-17(27)12-25(29,11-16)14-24/h3-5,13,15-18,26,29H,6-12,14H2,1-2H3. The number of piperidine rings is 2. The molecule has 5 heteroatoms. The largest absolute Gasteiger partial charge is 0.490 e. The first kappa shape index (κ1) is 18.7. The molecule has 5 nitrogen and oxygen atoms in total. The second-order valence-corrected chi connectivity index (χ2v) is 11.0. The molecule has 1 amide bonds. The third-order valence-corrected chi connectivity index (χ3v) is 8.05. The molecule has 2 N–H and O–H groups in total. The SMILES string of the molecule is CC(CC(=O)N1C2CC3(C)CC1CC(O)(C2)C3)c1c[nH]c2cccc(OC3CC3)c12. The molecule has 1 aromatic carbocycles. The number of aromatic amines is 1. The molecule has 5 fully saturated rings. The maximum Gasteiger partial charge on any atom is 0.223 e. The summed E-state index contributed by atoms with van der Waals surface area (Å²) in [6.45, 7) is 4.45. The number of rotatable bonds is 5. The van der Waals surface area contributed by atoms with Crippen molar-refractivity contribution in [2.75, 3.05) is 0 Å². The minimum atomic E-state index is -0.547. The van der Waals surface area contributed by atoms with E-state index in [0.29, 0.717) is 12.5 Å². The Hall–Kier alpha value is -2.01. The van der Waals surface area contributed by atoms with Gasteiger partial charge in [0.2, 0.25) is 5.91 Å². The van der Waals surface area contributed by atoms with Gasteiger partial charge < -0.3 is 19.7 Å². The van der Waals surface area contributed by atoms with Crippen molar-refractivity contribution in [1.29, 1.82) is 0 Å². The summed E-state index contributed by atoms with van der Waals surface area (Å²) in [6.07, 6.45) is 9.67. The summed E-state index contributed by atoms with van der Waals surface area (Å²) in [6, 6.07) is 6.57. The summed E-state index contributed by atoms with van der Waals surface area (Å²) in [5, 5.41) is 12.1. The van der Waals surface area contributed by atoms with Crippen molar-refractivity contribution in [3.63, 3.8) is 0 Å². The molecule has 3 aliphatic carbocycles. The number of ether oxygens (including phenoxy) is 1. The molecule has 0 radical (unpaired) electrons. The van der Waals surface area contributed by atoms with Crippen LogP contribution in [0.2, 0.25) is 0 Å². The van der Waals surface area contributed by atoms with E-state index in [2.05, 4.69) is 42.1 Å². The smallest absolute Gasteiger partial charge is 0.223 e. The van der Waals surface area contributed by atoms with E-state index in [1.165, 1.54) is 5.56 Å². The van der Waals surface area contributed by atoms with Gasteiger partial charge in [0.25, 0.3) is 0 Å². The lowest BCUT2D eigenvalue weighted by Crippen LogP contribution is -2.68. The van der Waals surface area contributed by atoms with E-state index in [0.717, 1.165) is 61.6 Å². The fraction of sp³-hybridized carbons (Fsp3) is 0.640. The van der Waals surface area contributed by atoms with E-state index in [-0.39, 0.29) is 29.3 Å². The fourth-order valence-electron chi connectivity index (χ4n) is 7.01. The van der Waals surface area contributed by atoms with Gasteiger partial charge in [0.15, 0.2) is 0 Å². The number of nitrogens with one attached hydrogen (secondary N) is 1. The van der Waals surface area contributed by atoms with E-state index in [9.17, 15) is 9.90 Å². The quantitative estimate of drug-likeness (QED) is 0.766. The van der Waals surface area contributed by atoms with E-state index in [4.69, 9.17) is 4.74 Å². The van der Waals surface area contributed by atoms with Gasteiger partial charge in [-0.1, -0.05) is 19.9 Å². The van der Waals surface area contributed by atoms with Gasteiger partial charge in [0.1, 0.15) is 5.75 Å². The topological polar surface area (TPSA) is 65.6 Å². The number of carbonyl (C=O) groups excluding carboxylic acids is 1. The molecule has 5 aliphatic rings. The molecule has 160 valence electrons. The van der Waals surface area contributed by atoms with E-state index in [1.54, 1.807) is 0 Å². The van der Waals surface area contributed by atoms with Crippen LogP contribution in [0.4, 0.5) is 0 Å². The molecular weight excluding hydrogens is 376 g/mol. The predicted octanol–water partition coefficient (Wildman–Crippen LogP) is 4.50. The highest BCUT2D eigenvalue weighted by atomic mass is 16.5. The Bertz CT molecular complexity index is 971. The lowest BCUT2D eigenvalue weighted by Gasteiger charge is -2.63. The van der Waals surface area contributed by atoms with Crippen molar-refractivity contribution in [2.45, 2.75) is 94.9 Å². The van der Waals surface area contributed by atoms with Crippen molar-refractivity contribution >= 4 is 16.8 Å². The number of aromatic nitrogens is 1. The van der Waals surface area contributed by atoms with E-state index in [1.807, 2.05) is 6.07 Å². The Morgan fingerprint density at radius 3 is 2.67 bits per heavy atom. The fourth-order valence-corrected chi connectivity index (χ4v) is 7.01. The number of carbonyl (C=O) groups is 1. The van der Waals surface area contributed by atoms with Gasteiger partial charge in [-0.05, 0) is 74.0 Å². The zero-order valence-corrected chi connectivity index (χ0v) is 18.0. The van der Waals surface area contributed by atoms with Crippen LogP contribution in [0.25, 0.3) is 10.9 Å². The van der Waals surface area contributed by atoms with Crippen LogP contribution in [0.5, 0.6) is 5.75 Å². The molecule has 3 atom stereocenters. The summed E-state index contributed by atoms with van der Waals surface area (Å²) < 4.78 is 6.17. The lowest BCUT2D eigenvalue weighted by atomic mass is 9.54. The Balaban J connectivity index is 1.24. The van der Waals surface area contributed by atoms with Crippen LogP contribution in [0.3, 0.4) is 0 Å². The van der Waals surface area contributed by atoms with Gasteiger partial charge in [0.05, 0.1) is 11.7 Å². The zero-order valence-electron chi connectivity index (χ0n) is 18.0. The van der Waals surface area contributed by atoms with Crippen molar-refractivity contribution in [1.82, 2.24) is 9.88 Å². The molecule has 3 heterocycles. The van der Waals surface area contributed by atoms with Crippen LogP contribution in [0, 0.1) is 5.41 Å². The van der Waals surface area contributed by atoms with Crippen LogP contribution >= 0.6 is 0 Å². The Labute approximate surface area is 177 Å². The second kappa shape index (κ2) is 6.25. The minimum Gasteiger partial charge on any atom is -0.490 e. The molecule has 0 spiro atoms. The first-order chi connectivity index (χ1) is 14.3. The van der Waals surface area contributed by atoms with Crippen LogP contribution in [0.1, 0.15) is 76.7 Å². The average Bonchev–Trinajstić information content (AvgIpc) is 3.34. The van der Waals surface area contributed by atoms with Crippen molar-refractivity contribution < 1.29 is 14.6 Å². The number of hydrogen-bond acceptors (Lipinski definition) is 3. The number of hydrogen-bond donors (Lipinski definition) is 2. The number of amides is 1. The summed E-state index contributed by atoms with van der Waals surface area (Å²) in [4.78, 5) is 19.0. The van der Waals surface area contributed by atoms with Crippen LogP contribution in [-0.4, -0.2) is 44.7 Å². The molecule has 4 bridgehead atoms. The lowest BCUT2D eigenvalue weighted by molar-refractivity contribution is -0.193. The summed E-state index contributed by atoms with van der Waals surface area (Å²) in [5.41, 5.74) is 1.90. The van der Waals surface area contributed by atoms with E-state index >= 15 is 0 Å². The molecule has 2 aliphatic heterocycles. The maximum atomic E-state index is 13.5. The zero-order chi connectivity index (χ0) is 20.7. The highest BCUT2D eigenvalue weighted by molar-refractivity contribution is 5.90. The third-order valence-electron chi connectivity index (χ3n) is 8.05. The number of aliphatic hydroxyl groups is 1. The summed E-state index contributed by atoms with van der Waals surface area (Å²) in [5.74, 6) is 1.31. The summed E-state index contributed by atoms with van der Waals surface area (Å²) in [7, 11) is 0. The first-order valence-corrected chi connectivity index (χ1v) is 11.6. The third kappa shape index (κ3) is 2.96. The normalized spacial score (nSPS) is 35.8. The highest BCUT2D eigenvalue weighted by Crippen LogP contribution is 2.57. The van der Waals surface area contributed by atoms with Crippen molar-refractivity contribution in [3.05, 3.63) is 30.0 Å². The predicted molar refractivity (Wildman–Crippen MR) is 116 cm³/mol. The van der Waals surface area contributed by atoms with Gasteiger partial charge in [-0.3, -0.25) is 4.79 Å². The molecule has 1 aromatic heterocycles. The number of H-pyrrole nitrogens is 1. The monoisotopic (exact) mass is 408 g/mol. The van der Waals surface area contributed by atoms with Gasteiger partial charge in [-0.15, -0.1) is 0 Å². The highest BCUT2D eigenvalue weighted by Gasteiger charge is 2.59. The maximum absolute atomic E-state index is 13.5. The van der Waals surface area contributed by atoms with Gasteiger partial charge in [0, 0.05) is 35.6 Å². The summed E-state index contributed by atoms with van der Waals surface area (Å²) >= 11 is 0. The number of fused-ring (bicyclic) bond motifs is 1. The molecular formula is C25H32N2O3. The second-order valence-electron chi connectivity index (χ2n) is 11.0.